The van der Waals surface area contributed by atoms with Crippen LogP contribution in [0.5, 0.6) is 0 Å². The summed E-state index contributed by atoms with van der Waals surface area (Å²) in [6.07, 6.45) is 1.08. The van der Waals surface area contributed by atoms with Crippen LogP contribution in [0.25, 0.3) is 0 Å². The molecule has 0 saturated heterocycles. The van der Waals surface area contributed by atoms with Crippen LogP contribution in [-0.4, -0.2) is 18.4 Å². The van der Waals surface area contributed by atoms with Crippen molar-refractivity contribution < 1.29 is 14.0 Å². The monoisotopic (exact) mass is 278 g/mol. The third kappa shape index (κ3) is 3.15. The number of amides is 2. The van der Waals surface area contributed by atoms with Gasteiger partial charge in [-0.05, 0) is 37.0 Å². The normalized spacial score (nSPS) is 15.8. The average Bonchev–Trinajstić information content (AvgIpc) is 3.17. The zero-order chi connectivity index (χ0) is 14.8. The lowest BCUT2D eigenvalue weighted by atomic mass is 10.0. The Hall–Kier alpha value is -1.91. The highest BCUT2D eigenvalue weighted by atomic mass is 19.1. The molecule has 0 aliphatic heterocycles. The molecule has 0 aromatic heterocycles. The molecule has 0 radical (unpaired) electrons. The SMILES string of the molecule is CC(C)CNC(=O)C1(C(=O)Nc2cccc(F)c2)CC1. The number of benzene rings is 1. The molecule has 108 valence electrons. The number of rotatable bonds is 5. The van der Waals surface area contributed by atoms with Crippen LogP contribution in [0.1, 0.15) is 26.7 Å². The van der Waals surface area contributed by atoms with Gasteiger partial charge < -0.3 is 10.6 Å². The molecule has 0 spiro atoms. The highest BCUT2D eigenvalue weighted by Gasteiger charge is 2.56. The van der Waals surface area contributed by atoms with E-state index < -0.39 is 11.2 Å². The van der Waals surface area contributed by atoms with Crippen LogP contribution >= 0.6 is 0 Å². The zero-order valence-corrected chi connectivity index (χ0v) is 11.7. The molecule has 1 saturated carbocycles. The standard InChI is InChI=1S/C15H19FN2O2/c1-10(2)9-17-13(19)15(6-7-15)14(20)18-12-5-3-4-11(16)8-12/h3-5,8,10H,6-7,9H2,1-2H3,(H,17,19)(H,18,20). The van der Waals surface area contributed by atoms with E-state index in [4.69, 9.17) is 0 Å². The second kappa shape index (κ2) is 5.61. The van der Waals surface area contributed by atoms with Gasteiger partial charge in [-0.25, -0.2) is 4.39 Å². The highest BCUT2D eigenvalue weighted by Crippen LogP contribution is 2.46. The van der Waals surface area contributed by atoms with E-state index >= 15 is 0 Å². The lowest BCUT2D eigenvalue weighted by molar-refractivity contribution is -0.134. The summed E-state index contributed by atoms with van der Waals surface area (Å²) in [5, 5.41) is 5.40. The Labute approximate surface area is 117 Å². The third-order valence-corrected chi connectivity index (χ3v) is 3.37. The first kappa shape index (κ1) is 14.5. The molecule has 0 heterocycles. The minimum atomic E-state index is -0.971. The van der Waals surface area contributed by atoms with Gasteiger partial charge in [0, 0.05) is 12.2 Å². The number of halogens is 1. The highest BCUT2D eigenvalue weighted by molar-refractivity contribution is 6.13. The van der Waals surface area contributed by atoms with Crippen LogP contribution in [-0.2, 0) is 9.59 Å². The third-order valence-electron chi connectivity index (χ3n) is 3.37. The van der Waals surface area contributed by atoms with Gasteiger partial charge in [-0.2, -0.15) is 0 Å². The molecule has 4 nitrogen and oxygen atoms in total. The maximum absolute atomic E-state index is 13.1. The van der Waals surface area contributed by atoms with E-state index in [1.54, 1.807) is 6.07 Å². The van der Waals surface area contributed by atoms with E-state index in [2.05, 4.69) is 10.6 Å². The van der Waals surface area contributed by atoms with Crippen molar-refractivity contribution in [3.63, 3.8) is 0 Å². The van der Waals surface area contributed by atoms with Gasteiger partial charge >= 0.3 is 0 Å². The number of carbonyl (C=O) groups excluding carboxylic acids is 2. The molecule has 1 fully saturated rings. The predicted molar refractivity (Wildman–Crippen MR) is 74.5 cm³/mol. The fraction of sp³-hybridized carbons (Fsp3) is 0.467. The largest absolute Gasteiger partial charge is 0.355 e. The first-order chi connectivity index (χ1) is 9.44. The van der Waals surface area contributed by atoms with Crippen molar-refractivity contribution in [1.29, 1.82) is 0 Å². The number of hydrogen-bond acceptors (Lipinski definition) is 2. The summed E-state index contributed by atoms with van der Waals surface area (Å²) < 4.78 is 13.1. The molecule has 2 N–H and O–H groups in total. The van der Waals surface area contributed by atoms with Crippen LogP contribution < -0.4 is 10.6 Å². The summed E-state index contributed by atoms with van der Waals surface area (Å²) >= 11 is 0. The molecule has 1 aromatic carbocycles. The Kier molecular flexibility index (Phi) is 4.06. The Morgan fingerprint density at radius 1 is 1.30 bits per heavy atom. The van der Waals surface area contributed by atoms with Crippen LogP contribution in [0.3, 0.4) is 0 Å². The fourth-order valence-electron chi connectivity index (χ4n) is 1.97. The molecular weight excluding hydrogens is 259 g/mol. The minimum Gasteiger partial charge on any atom is -0.355 e. The number of anilines is 1. The molecule has 1 aliphatic rings. The molecule has 0 bridgehead atoms. The van der Waals surface area contributed by atoms with E-state index in [0.717, 1.165) is 0 Å². The maximum Gasteiger partial charge on any atom is 0.240 e. The summed E-state index contributed by atoms with van der Waals surface area (Å²) in [6.45, 7) is 4.53. The van der Waals surface area contributed by atoms with Crippen molar-refractivity contribution in [2.24, 2.45) is 11.3 Å². The van der Waals surface area contributed by atoms with Crippen molar-refractivity contribution >= 4 is 17.5 Å². The summed E-state index contributed by atoms with van der Waals surface area (Å²) in [4.78, 5) is 24.3. The summed E-state index contributed by atoms with van der Waals surface area (Å²) in [6, 6.07) is 5.66. The Balaban J connectivity index is 1.99. The first-order valence-corrected chi connectivity index (χ1v) is 6.79. The van der Waals surface area contributed by atoms with Gasteiger partial charge in [0.15, 0.2) is 0 Å². The molecule has 0 unspecified atom stereocenters. The van der Waals surface area contributed by atoms with E-state index in [0.29, 0.717) is 31.0 Å². The second-order valence-corrected chi connectivity index (χ2v) is 5.65. The van der Waals surface area contributed by atoms with Crippen molar-refractivity contribution in [3.05, 3.63) is 30.1 Å². The maximum atomic E-state index is 13.1. The lowest BCUT2D eigenvalue weighted by Crippen LogP contribution is -2.41. The Bertz CT molecular complexity index is 524. The van der Waals surface area contributed by atoms with Crippen molar-refractivity contribution in [3.8, 4) is 0 Å². The topological polar surface area (TPSA) is 58.2 Å². The van der Waals surface area contributed by atoms with E-state index in [-0.39, 0.29) is 11.8 Å². The van der Waals surface area contributed by atoms with Gasteiger partial charge in [0.05, 0.1) is 0 Å². The summed E-state index contributed by atoms with van der Waals surface area (Å²) in [5.74, 6) is -0.678. The Morgan fingerprint density at radius 2 is 2.00 bits per heavy atom. The lowest BCUT2D eigenvalue weighted by Gasteiger charge is -2.16. The van der Waals surface area contributed by atoms with Crippen LogP contribution in [0.2, 0.25) is 0 Å². The quantitative estimate of drug-likeness (QED) is 0.812. The van der Waals surface area contributed by atoms with Crippen molar-refractivity contribution in [2.75, 3.05) is 11.9 Å². The van der Waals surface area contributed by atoms with Crippen LogP contribution in [0.4, 0.5) is 10.1 Å². The second-order valence-electron chi connectivity index (χ2n) is 5.65. The predicted octanol–water partition coefficient (Wildman–Crippen LogP) is 2.32. The molecule has 1 aliphatic carbocycles. The number of nitrogens with one attached hydrogen (secondary N) is 2. The smallest absolute Gasteiger partial charge is 0.240 e. The molecule has 0 atom stereocenters. The van der Waals surface area contributed by atoms with E-state index in [9.17, 15) is 14.0 Å². The molecule has 2 rings (SSSR count). The molecule has 5 heteroatoms. The van der Waals surface area contributed by atoms with Gasteiger partial charge in [-0.1, -0.05) is 19.9 Å². The van der Waals surface area contributed by atoms with E-state index in [1.807, 2.05) is 13.8 Å². The van der Waals surface area contributed by atoms with Crippen LogP contribution in [0.15, 0.2) is 24.3 Å². The van der Waals surface area contributed by atoms with Gasteiger partial charge in [-0.15, -0.1) is 0 Å². The minimum absolute atomic E-state index is 0.236. The van der Waals surface area contributed by atoms with Gasteiger partial charge in [-0.3, -0.25) is 9.59 Å². The Morgan fingerprint density at radius 3 is 2.55 bits per heavy atom. The zero-order valence-electron chi connectivity index (χ0n) is 11.7. The van der Waals surface area contributed by atoms with Crippen molar-refractivity contribution in [1.82, 2.24) is 5.32 Å². The van der Waals surface area contributed by atoms with Gasteiger partial charge in [0.25, 0.3) is 0 Å². The molecular formula is C15H19FN2O2. The van der Waals surface area contributed by atoms with Gasteiger partial charge in [0.1, 0.15) is 11.2 Å². The molecule has 2 amide bonds. The van der Waals surface area contributed by atoms with E-state index in [1.165, 1.54) is 18.2 Å². The van der Waals surface area contributed by atoms with Crippen molar-refractivity contribution in [2.45, 2.75) is 26.7 Å². The number of hydrogen-bond donors (Lipinski definition) is 2. The summed E-state index contributed by atoms with van der Waals surface area (Å²) in [5.41, 5.74) is -0.598. The summed E-state index contributed by atoms with van der Waals surface area (Å²) in [7, 11) is 0. The molecule has 1 aromatic rings. The van der Waals surface area contributed by atoms with Crippen LogP contribution in [0, 0.1) is 17.2 Å². The molecule has 20 heavy (non-hydrogen) atoms. The fourth-order valence-corrected chi connectivity index (χ4v) is 1.97. The number of carbonyl (C=O) groups is 2. The first-order valence-electron chi connectivity index (χ1n) is 6.79. The van der Waals surface area contributed by atoms with Gasteiger partial charge in [0.2, 0.25) is 11.8 Å². The average molecular weight is 278 g/mol.